The van der Waals surface area contributed by atoms with E-state index < -0.39 is 16.5 Å². The Hall–Kier alpha value is -3.68. The van der Waals surface area contributed by atoms with Gasteiger partial charge in [-0.2, -0.15) is 0 Å². The van der Waals surface area contributed by atoms with Crippen LogP contribution in [0.5, 0.6) is 5.75 Å². The number of benzene rings is 2. The number of methoxy groups -OCH3 is 1. The van der Waals surface area contributed by atoms with Crippen LogP contribution in [0.25, 0.3) is 11.0 Å². The second-order valence-corrected chi connectivity index (χ2v) is 6.63. The molecule has 1 aliphatic rings. The fourth-order valence-electron chi connectivity index (χ4n) is 3.60. The lowest BCUT2D eigenvalue weighted by molar-refractivity contribution is -0.384. The molecule has 2 heterocycles. The molecule has 1 aliphatic heterocycles. The van der Waals surface area contributed by atoms with Crippen molar-refractivity contribution in [3.05, 3.63) is 74.1 Å². The summed E-state index contributed by atoms with van der Waals surface area (Å²) in [5, 5.41) is 11.4. The third-order valence-electron chi connectivity index (χ3n) is 4.87. The third kappa shape index (κ3) is 2.70. The normalized spacial score (nSPS) is 15.5. The molecule has 0 N–H and O–H groups in total. The van der Waals surface area contributed by atoms with Gasteiger partial charge in [0.15, 0.2) is 11.3 Å². The Morgan fingerprint density at radius 3 is 2.75 bits per heavy atom. The SMILES string of the molecule is COc1cc([N+](=O)[O-])cc2cc(C(=O)N3c4ccccc4C[C@H]3C)c(=O)oc12. The van der Waals surface area contributed by atoms with Crippen LogP contribution in [0.2, 0.25) is 0 Å². The number of amides is 1. The summed E-state index contributed by atoms with van der Waals surface area (Å²) in [6, 6.07) is 11.1. The van der Waals surface area contributed by atoms with Gasteiger partial charge in [0.25, 0.3) is 11.6 Å². The van der Waals surface area contributed by atoms with Crippen LogP contribution in [-0.2, 0) is 6.42 Å². The van der Waals surface area contributed by atoms with E-state index in [0.29, 0.717) is 6.42 Å². The van der Waals surface area contributed by atoms with Crippen LogP contribution in [0.4, 0.5) is 11.4 Å². The maximum Gasteiger partial charge on any atom is 0.349 e. The topological polar surface area (TPSA) is 103 Å². The van der Waals surface area contributed by atoms with Gasteiger partial charge in [-0.25, -0.2) is 4.79 Å². The standard InChI is InChI=1S/C20H16N2O6/c1-11-7-12-5-3-4-6-16(12)21(11)19(23)15-9-13-8-14(22(25)26)10-17(27-2)18(13)28-20(15)24/h3-6,8-11H,7H2,1-2H3/t11-/m1/s1. The van der Waals surface area contributed by atoms with Crippen molar-refractivity contribution in [1.82, 2.24) is 0 Å². The number of nitro groups is 1. The maximum atomic E-state index is 13.2. The van der Waals surface area contributed by atoms with Crippen molar-refractivity contribution >= 4 is 28.3 Å². The van der Waals surface area contributed by atoms with Crippen LogP contribution >= 0.6 is 0 Å². The largest absolute Gasteiger partial charge is 0.493 e. The summed E-state index contributed by atoms with van der Waals surface area (Å²) in [6.07, 6.45) is 0.681. The summed E-state index contributed by atoms with van der Waals surface area (Å²) < 4.78 is 10.4. The first-order valence-corrected chi connectivity index (χ1v) is 8.62. The van der Waals surface area contributed by atoms with Gasteiger partial charge >= 0.3 is 5.63 Å². The molecule has 8 heteroatoms. The number of ether oxygens (including phenoxy) is 1. The number of rotatable bonds is 3. The molecule has 0 radical (unpaired) electrons. The molecule has 142 valence electrons. The van der Waals surface area contributed by atoms with Gasteiger partial charge in [-0.15, -0.1) is 0 Å². The number of nitro benzene ring substituents is 1. The minimum absolute atomic E-state index is 0.0557. The summed E-state index contributed by atoms with van der Waals surface area (Å²) in [6.45, 7) is 1.90. The second kappa shape index (κ2) is 6.49. The van der Waals surface area contributed by atoms with Gasteiger partial charge < -0.3 is 14.1 Å². The number of non-ortho nitro benzene ring substituents is 1. The predicted molar refractivity (Wildman–Crippen MR) is 102 cm³/mol. The van der Waals surface area contributed by atoms with Crippen LogP contribution < -0.4 is 15.3 Å². The molecule has 1 amide bonds. The van der Waals surface area contributed by atoms with E-state index in [4.69, 9.17) is 9.15 Å². The first-order valence-electron chi connectivity index (χ1n) is 8.62. The van der Waals surface area contributed by atoms with Crippen molar-refractivity contribution in [1.29, 1.82) is 0 Å². The summed E-state index contributed by atoms with van der Waals surface area (Å²) >= 11 is 0. The molecule has 0 spiro atoms. The molecule has 0 fully saturated rings. The van der Waals surface area contributed by atoms with Gasteiger partial charge in [-0.3, -0.25) is 14.9 Å². The van der Waals surface area contributed by atoms with Crippen LogP contribution in [-0.4, -0.2) is 24.0 Å². The smallest absolute Gasteiger partial charge is 0.349 e. The number of carbonyl (C=O) groups is 1. The molecule has 8 nitrogen and oxygen atoms in total. The van der Waals surface area contributed by atoms with E-state index in [0.717, 1.165) is 11.3 Å². The van der Waals surface area contributed by atoms with Crippen molar-refractivity contribution in [3.8, 4) is 5.75 Å². The fraction of sp³-hybridized carbons (Fsp3) is 0.200. The average Bonchev–Trinajstić information content (AvgIpc) is 3.01. The Bertz CT molecular complexity index is 1180. The third-order valence-corrected chi connectivity index (χ3v) is 4.87. The number of anilines is 1. The quantitative estimate of drug-likeness (QED) is 0.392. The van der Waals surface area contributed by atoms with Gasteiger partial charge in [-0.05, 0) is 31.0 Å². The van der Waals surface area contributed by atoms with E-state index in [9.17, 15) is 19.7 Å². The molecule has 28 heavy (non-hydrogen) atoms. The van der Waals surface area contributed by atoms with Crippen molar-refractivity contribution in [2.24, 2.45) is 0 Å². The zero-order valence-corrected chi connectivity index (χ0v) is 15.2. The molecular weight excluding hydrogens is 364 g/mol. The van der Waals surface area contributed by atoms with Crippen LogP contribution in [0.15, 0.2) is 51.7 Å². The molecular formula is C20H16N2O6. The van der Waals surface area contributed by atoms with E-state index in [1.807, 2.05) is 31.2 Å². The van der Waals surface area contributed by atoms with Crippen molar-refractivity contribution in [3.63, 3.8) is 0 Å². The Balaban J connectivity index is 1.87. The van der Waals surface area contributed by atoms with Gasteiger partial charge in [0.1, 0.15) is 5.56 Å². The van der Waals surface area contributed by atoms with Gasteiger partial charge in [0.05, 0.1) is 18.1 Å². The first-order chi connectivity index (χ1) is 13.4. The minimum Gasteiger partial charge on any atom is -0.493 e. The molecule has 0 aliphatic carbocycles. The number of hydrogen-bond acceptors (Lipinski definition) is 6. The molecule has 4 rings (SSSR count). The zero-order chi connectivity index (χ0) is 20.0. The number of fused-ring (bicyclic) bond motifs is 2. The monoisotopic (exact) mass is 380 g/mol. The average molecular weight is 380 g/mol. The first kappa shape index (κ1) is 17.7. The highest BCUT2D eigenvalue weighted by molar-refractivity contribution is 6.09. The fourth-order valence-corrected chi connectivity index (χ4v) is 3.60. The van der Waals surface area contributed by atoms with Gasteiger partial charge in [-0.1, -0.05) is 18.2 Å². The molecule has 0 bridgehead atoms. The highest BCUT2D eigenvalue weighted by atomic mass is 16.6. The second-order valence-electron chi connectivity index (χ2n) is 6.63. The number of para-hydroxylation sites is 1. The van der Waals surface area contributed by atoms with Gasteiger partial charge in [0, 0.05) is 23.2 Å². The van der Waals surface area contributed by atoms with E-state index in [2.05, 4.69) is 0 Å². The van der Waals surface area contributed by atoms with Gasteiger partial charge in [0.2, 0.25) is 0 Å². The minimum atomic E-state index is -0.818. The van der Waals surface area contributed by atoms with Crippen molar-refractivity contribution < 1.29 is 18.9 Å². The van der Waals surface area contributed by atoms with Crippen LogP contribution in [0.1, 0.15) is 22.8 Å². The lowest BCUT2D eigenvalue weighted by Gasteiger charge is -2.22. The predicted octanol–water partition coefficient (Wildman–Crippen LogP) is 3.30. The van der Waals surface area contributed by atoms with Crippen molar-refractivity contribution in [2.75, 3.05) is 12.0 Å². The number of nitrogens with zero attached hydrogens (tertiary/aromatic N) is 2. The zero-order valence-electron chi connectivity index (χ0n) is 15.2. The van der Waals surface area contributed by atoms with E-state index >= 15 is 0 Å². The molecule has 0 saturated carbocycles. The molecule has 3 aromatic rings. The molecule has 0 unspecified atom stereocenters. The summed E-state index contributed by atoms with van der Waals surface area (Å²) in [7, 11) is 1.32. The highest BCUT2D eigenvalue weighted by Gasteiger charge is 2.33. The van der Waals surface area contributed by atoms with Crippen molar-refractivity contribution in [2.45, 2.75) is 19.4 Å². The Labute approximate surface area is 159 Å². The van der Waals surface area contributed by atoms with Crippen LogP contribution in [0, 0.1) is 10.1 Å². The number of carbonyl (C=O) groups excluding carboxylic acids is 1. The molecule has 1 atom stereocenters. The Morgan fingerprint density at radius 1 is 1.29 bits per heavy atom. The molecule has 0 saturated heterocycles. The Morgan fingerprint density at radius 2 is 2.04 bits per heavy atom. The summed E-state index contributed by atoms with van der Waals surface area (Å²) in [4.78, 5) is 37.8. The summed E-state index contributed by atoms with van der Waals surface area (Å²) in [5.74, 6) is -0.446. The van der Waals surface area contributed by atoms with E-state index in [1.54, 1.807) is 4.90 Å². The highest BCUT2D eigenvalue weighted by Crippen LogP contribution is 2.34. The number of hydrogen-bond donors (Lipinski definition) is 0. The lowest BCUT2D eigenvalue weighted by Crippen LogP contribution is -2.38. The maximum absolute atomic E-state index is 13.2. The lowest BCUT2D eigenvalue weighted by atomic mass is 10.1. The molecule has 1 aromatic heterocycles. The Kier molecular flexibility index (Phi) is 4.11. The molecule has 2 aromatic carbocycles. The van der Waals surface area contributed by atoms with E-state index in [1.165, 1.54) is 25.3 Å². The summed E-state index contributed by atoms with van der Waals surface area (Å²) in [5.41, 5.74) is 0.600. The van der Waals surface area contributed by atoms with Crippen LogP contribution in [0.3, 0.4) is 0 Å². The van der Waals surface area contributed by atoms with E-state index in [-0.39, 0.29) is 34.0 Å².